The molecule has 2 nitrogen and oxygen atoms in total. The Balaban J connectivity index is 2.71. The van der Waals surface area contributed by atoms with Gasteiger partial charge in [-0.2, -0.15) is 0 Å². The molecule has 0 aliphatic heterocycles. The van der Waals surface area contributed by atoms with E-state index in [1.807, 2.05) is 0 Å². The number of halogens is 1. The fourth-order valence-electron chi connectivity index (χ4n) is 0.736. The minimum Gasteiger partial charge on any atom is -0.497 e. The van der Waals surface area contributed by atoms with E-state index in [-0.39, 0.29) is 0 Å². The van der Waals surface area contributed by atoms with Crippen LogP contribution >= 0.6 is 23.4 Å². The van der Waals surface area contributed by atoms with Crippen LogP contribution in [0.15, 0.2) is 29.2 Å². The largest absolute Gasteiger partial charge is 0.497 e. The number of carbonyl (C=O) groups is 1. The van der Waals surface area contributed by atoms with Crippen molar-refractivity contribution >= 4 is 27.9 Å². The predicted molar refractivity (Wildman–Crippen MR) is 50.1 cm³/mol. The van der Waals surface area contributed by atoms with Crippen LogP contribution < -0.4 is 4.74 Å². The Bertz CT molecular complexity index is 271. The molecule has 0 N–H and O–H groups in total. The van der Waals surface area contributed by atoms with Crippen LogP contribution in [0.25, 0.3) is 0 Å². The molecule has 0 heterocycles. The lowest BCUT2D eigenvalue weighted by Crippen LogP contribution is -1.81. The van der Waals surface area contributed by atoms with Crippen molar-refractivity contribution in [2.24, 2.45) is 0 Å². The highest BCUT2D eigenvalue weighted by Crippen LogP contribution is 2.23. The average molecular weight is 203 g/mol. The minimum absolute atomic E-state index is 0.430. The Labute approximate surface area is 79.9 Å². The van der Waals surface area contributed by atoms with Crippen molar-refractivity contribution in [2.45, 2.75) is 4.90 Å². The van der Waals surface area contributed by atoms with Crippen LogP contribution in [0, 0.1) is 0 Å². The van der Waals surface area contributed by atoms with Crippen molar-refractivity contribution in [1.29, 1.82) is 0 Å². The third-order valence-electron chi connectivity index (χ3n) is 1.26. The zero-order valence-corrected chi connectivity index (χ0v) is 7.98. The van der Waals surface area contributed by atoms with Crippen LogP contribution in [0.4, 0.5) is 4.79 Å². The Hall–Kier alpha value is -0.670. The molecule has 0 unspecified atom stereocenters. The van der Waals surface area contributed by atoms with Gasteiger partial charge in [0.05, 0.1) is 7.11 Å². The summed E-state index contributed by atoms with van der Waals surface area (Å²) in [5, 5.41) is 0. The lowest BCUT2D eigenvalue weighted by atomic mass is 10.3. The first-order valence-electron chi connectivity index (χ1n) is 3.24. The van der Waals surface area contributed by atoms with Crippen molar-refractivity contribution in [1.82, 2.24) is 0 Å². The first kappa shape index (κ1) is 9.42. The van der Waals surface area contributed by atoms with E-state index in [1.54, 1.807) is 31.4 Å². The SMILES string of the molecule is COc1ccc(SC(=O)Cl)cc1. The van der Waals surface area contributed by atoms with E-state index in [1.165, 1.54) is 0 Å². The molecule has 0 saturated heterocycles. The summed E-state index contributed by atoms with van der Waals surface area (Å²) in [5.41, 5.74) is 0. The van der Waals surface area contributed by atoms with E-state index in [0.717, 1.165) is 22.4 Å². The molecule has 0 aliphatic carbocycles. The van der Waals surface area contributed by atoms with Crippen molar-refractivity contribution in [2.75, 3.05) is 7.11 Å². The Kier molecular flexibility index (Phi) is 3.44. The van der Waals surface area contributed by atoms with Crippen molar-refractivity contribution < 1.29 is 9.53 Å². The maximum Gasteiger partial charge on any atom is 0.284 e. The molecule has 1 aromatic rings. The van der Waals surface area contributed by atoms with Crippen LogP contribution in [0.1, 0.15) is 0 Å². The molecule has 0 spiro atoms. The molecule has 0 amide bonds. The lowest BCUT2D eigenvalue weighted by Gasteiger charge is -1.99. The van der Waals surface area contributed by atoms with Gasteiger partial charge in [-0.15, -0.1) is 0 Å². The molecule has 0 aromatic heterocycles. The number of methoxy groups -OCH3 is 1. The van der Waals surface area contributed by atoms with Gasteiger partial charge in [-0.25, -0.2) is 0 Å². The summed E-state index contributed by atoms with van der Waals surface area (Å²) in [6.45, 7) is 0. The van der Waals surface area contributed by atoms with Gasteiger partial charge < -0.3 is 4.74 Å². The molecule has 12 heavy (non-hydrogen) atoms. The highest BCUT2D eigenvalue weighted by molar-refractivity contribution is 8.16. The smallest absolute Gasteiger partial charge is 0.284 e. The number of thioether (sulfide) groups is 1. The number of hydrogen-bond acceptors (Lipinski definition) is 3. The van der Waals surface area contributed by atoms with Crippen molar-refractivity contribution in [3.05, 3.63) is 24.3 Å². The molecule has 0 fully saturated rings. The number of carbonyl (C=O) groups excluding carboxylic acids is 1. The summed E-state index contributed by atoms with van der Waals surface area (Å²) < 4.78 is 4.52. The summed E-state index contributed by atoms with van der Waals surface area (Å²) in [5.74, 6) is 0.765. The monoisotopic (exact) mass is 202 g/mol. The number of benzene rings is 1. The van der Waals surface area contributed by atoms with E-state index < -0.39 is 4.57 Å². The van der Waals surface area contributed by atoms with E-state index in [4.69, 9.17) is 16.3 Å². The second-order valence-electron chi connectivity index (χ2n) is 2.02. The molecule has 0 atom stereocenters. The second kappa shape index (κ2) is 4.38. The zero-order valence-electron chi connectivity index (χ0n) is 6.41. The van der Waals surface area contributed by atoms with Gasteiger partial charge >= 0.3 is 0 Å². The van der Waals surface area contributed by atoms with Gasteiger partial charge in [0.1, 0.15) is 5.75 Å². The summed E-state index contributed by atoms with van der Waals surface area (Å²) in [6, 6.07) is 7.12. The molecule has 0 radical (unpaired) electrons. The zero-order chi connectivity index (χ0) is 8.97. The van der Waals surface area contributed by atoms with Crippen LogP contribution in [0.3, 0.4) is 0 Å². The molecule has 1 aromatic carbocycles. The second-order valence-corrected chi connectivity index (χ2v) is 3.63. The third-order valence-corrected chi connectivity index (χ3v) is 2.16. The Morgan fingerprint density at radius 2 is 2.00 bits per heavy atom. The third kappa shape index (κ3) is 2.75. The normalized spacial score (nSPS) is 9.50. The standard InChI is InChI=1S/C8H7ClO2S/c1-11-6-2-4-7(5-3-6)12-8(9)10/h2-5H,1H3. The molecule has 0 bridgehead atoms. The van der Waals surface area contributed by atoms with Crippen molar-refractivity contribution in [3.8, 4) is 5.75 Å². The molecular weight excluding hydrogens is 196 g/mol. The molecule has 64 valence electrons. The fourth-order valence-corrected chi connectivity index (χ4v) is 1.46. The van der Waals surface area contributed by atoms with Gasteiger partial charge in [0, 0.05) is 4.90 Å². The fraction of sp³-hybridized carbons (Fsp3) is 0.125. The topological polar surface area (TPSA) is 26.3 Å². The van der Waals surface area contributed by atoms with E-state index in [0.29, 0.717) is 0 Å². The van der Waals surface area contributed by atoms with Crippen LogP contribution in [0.2, 0.25) is 0 Å². The van der Waals surface area contributed by atoms with Crippen LogP contribution in [-0.2, 0) is 0 Å². The van der Waals surface area contributed by atoms with Gasteiger partial charge in [-0.1, -0.05) is 0 Å². The lowest BCUT2D eigenvalue weighted by molar-refractivity contribution is 0.276. The van der Waals surface area contributed by atoms with Gasteiger partial charge in [-0.3, -0.25) is 4.79 Å². The van der Waals surface area contributed by atoms with Crippen molar-refractivity contribution in [3.63, 3.8) is 0 Å². The number of hydrogen-bond donors (Lipinski definition) is 0. The Morgan fingerprint density at radius 1 is 1.42 bits per heavy atom. The van der Waals surface area contributed by atoms with E-state index in [2.05, 4.69) is 0 Å². The minimum atomic E-state index is -0.430. The first-order valence-corrected chi connectivity index (χ1v) is 4.43. The van der Waals surface area contributed by atoms with Gasteiger partial charge in [0.2, 0.25) is 0 Å². The highest BCUT2D eigenvalue weighted by Gasteiger charge is 1.99. The summed E-state index contributed by atoms with van der Waals surface area (Å²) >= 11 is 6.17. The molecule has 4 heteroatoms. The predicted octanol–water partition coefficient (Wildman–Crippen LogP) is 3.15. The average Bonchev–Trinajstić information content (AvgIpc) is 2.05. The van der Waals surface area contributed by atoms with E-state index >= 15 is 0 Å². The maximum atomic E-state index is 10.5. The van der Waals surface area contributed by atoms with Gasteiger partial charge in [0.25, 0.3) is 4.57 Å². The highest BCUT2D eigenvalue weighted by atomic mass is 35.5. The van der Waals surface area contributed by atoms with Gasteiger partial charge in [0.15, 0.2) is 0 Å². The van der Waals surface area contributed by atoms with Gasteiger partial charge in [-0.05, 0) is 47.6 Å². The molecular formula is C8H7ClO2S. The maximum absolute atomic E-state index is 10.5. The summed E-state index contributed by atoms with van der Waals surface area (Å²) in [6.07, 6.45) is 0. The van der Waals surface area contributed by atoms with Crippen LogP contribution in [-0.4, -0.2) is 11.7 Å². The van der Waals surface area contributed by atoms with E-state index in [9.17, 15) is 4.79 Å². The quantitative estimate of drug-likeness (QED) is 0.545. The first-order chi connectivity index (χ1) is 5.72. The van der Waals surface area contributed by atoms with Crippen LogP contribution in [0.5, 0.6) is 5.75 Å². The summed E-state index contributed by atoms with van der Waals surface area (Å²) in [4.78, 5) is 11.3. The molecule has 1 rings (SSSR count). The summed E-state index contributed by atoms with van der Waals surface area (Å²) in [7, 11) is 1.59. The molecule has 0 saturated carbocycles. The molecule has 0 aliphatic rings. The number of ether oxygens (including phenoxy) is 1. The number of rotatable bonds is 2. The Morgan fingerprint density at radius 3 is 2.42 bits per heavy atom.